The molecule has 48 heavy (non-hydrogen) atoms. The number of rotatable bonds is 0. The van der Waals surface area contributed by atoms with Gasteiger partial charge in [0.25, 0.3) is 0 Å². The summed E-state index contributed by atoms with van der Waals surface area (Å²) in [5, 5.41) is 16.2. The number of aromatic nitrogens is 3. The van der Waals surface area contributed by atoms with Crippen molar-refractivity contribution < 1.29 is 0 Å². The molecule has 11 rings (SSSR count). The third-order valence-electron chi connectivity index (χ3n) is 10.7. The van der Waals surface area contributed by atoms with E-state index in [4.69, 9.17) is 16.5 Å². The number of nitrogens with zero attached hydrogens (tertiary/aromatic N) is 5. The fourth-order valence-corrected chi connectivity index (χ4v) is 9.00. The molecule has 0 saturated carbocycles. The van der Waals surface area contributed by atoms with Gasteiger partial charge in [0, 0.05) is 26.9 Å². The summed E-state index contributed by atoms with van der Waals surface area (Å²) in [4.78, 5) is 13.0. The largest absolute Gasteiger partial charge is 0.358 e. The Morgan fingerprint density at radius 1 is 0.583 bits per heavy atom. The lowest BCUT2D eigenvalue weighted by Gasteiger charge is -2.39. The lowest BCUT2D eigenvalue weighted by Crippen LogP contribution is -2.33. The number of para-hydroxylation sites is 2. The van der Waals surface area contributed by atoms with Crippen molar-refractivity contribution in [1.29, 1.82) is 5.26 Å². The van der Waals surface area contributed by atoms with E-state index in [-0.39, 0.29) is 11.5 Å². The van der Waals surface area contributed by atoms with Crippen LogP contribution >= 0.6 is 0 Å². The average molecular weight is 608 g/mol. The molecule has 7 aromatic carbocycles. The van der Waals surface area contributed by atoms with E-state index in [1.807, 2.05) is 12.1 Å². The van der Waals surface area contributed by atoms with E-state index >= 15 is 0 Å². The summed E-state index contributed by atoms with van der Waals surface area (Å²) in [5.74, 6) is 0.0294. The van der Waals surface area contributed by atoms with E-state index in [0.29, 0.717) is 11.0 Å². The number of hydrogen-bond donors (Lipinski definition) is 0. The number of hydrogen-bond acceptors (Lipinski definition) is 3. The zero-order valence-corrected chi connectivity index (χ0v) is 25.4. The molecule has 3 heterocycles. The quantitative estimate of drug-likeness (QED) is 0.127. The third kappa shape index (κ3) is 2.75. The molecule has 0 radical (unpaired) electrons. The summed E-state index contributed by atoms with van der Waals surface area (Å²) in [5.41, 5.74) is 12.0. The molecule has 218 valence electrons. The lowest BCUT2D eigenvalue weighted by atomic mass is 9.65. The van der Waals surface area contributed by atoms with Crippen LogP contribution in [0, 0.1) is 17.9 Å². The molecule has 0 N–H and O–H groups in total. The first kappa shape index (κ1) is 25.4. The van der Waals surface area contributed by atoms with Crippen LogP contribution in [0.25, 0.3) is 76.0 Å². The molecule has 0 saturated heterocycles. The minimum absolute atomic E-state index is 0.0294. The Bertz CT molecular complexity index is 3000. The highest BCUT2D eigenvalue weighted by molar-refractivity contribution is 6.34. The van der Waals surface area contributed by atoms with Gasteiger partial charge in [0.05, 0.1) is 22.1 Å². The molecule has 2 aliphatic rings. The maximum absolute atomic E-state index is 9.91. The molecule has 1 spiro atoms. The Labute approximate surface area is 274 Å². The van der Waals surface area contributed by atoms with Crippen LogP contribution in [0.3, 0.4) is 0 Å². The van der Waals surface area contributed by atoms with Gasteiger partial charge in [0.2, 0.25) is 0 Å². The fourth-order valence-electron chi connectivity index (χ4n) is 9.00. The normalized spacial score (nSPS) is 13.5. The van der Waals surface area contributed by atoms with Crippen LogP contribution in [0.2, 0.25) is 0 Å². The van der Waals surface area contributed by atoms with Gasteiger partial charge >= 0.3 is 5.82 Å². The molecule has 0 amide bonds. The van der Waals surface area contributed by atoms with E-state index in [9.17, 15) is 5.26 Å². The molecule has 0 unspecified atom stereocenters. The zero-order valence-electron chi connectivity index (χ0n) is 25.4. The Morgan fingerprint density at radius 2 is 1.21 bits per heavy atom. The fraction of sp³-hybridized carbons (Fsp3) is 0.0233. The highest BCUT2D eigenvalue weighted by Gasteiger charge is 2.50. The minimum Gasteiger partial charge on any atom is -0.358 e. The Balaban J connectivity index is 1.40. The second kappa shape index (κ2) is 8.70. The van der Waals surface area contributed by atoms with Crippen LogP contribution in [-0.2, 0) is 5.41 Å². The van der Waals surface area contributed by atoms with Gasteiger partial charge in [-0.15, -0.1) is 4.98 Å². The molecule has 9 aromatic rings. The maximum atomic E-state index is 9.91. The van der Waals surface area contributed by atoms with E-state index in [0.717, 1.165) is 32.4 Å². The van der Waals surface area contributed by atoms with Crippen LogP contribution in [0.4, 0.5) is 5.82 Å². The predicted molar refractivity (Wildman–Crippen MR) is 191 cm³/mol. The number of benzene rings is 7. The summed E-state index contributed by atoms with van der Waals surface area (Å²) in [7, 11) is 0. The monoisotopic (exact) mass is 607 g/mol. The van der Waals surface area contributed by atoms with Gasteiger partial charge in [0.1, 0.15) is 11.6 Å². The minimum atomic E-state index is -0.485. The maximum Gasteiger partial charge on any atom is 0.307 e. The van der Waals surface area contributed by atoms with Crippen LogP contribution < -0.4 is 0 Å². The molecule has 2 aromatic heterocycles. The van der Waals surface area contributed by atoms with E-state index in [1.165, 1.54) is 50.0 Å². The Morgan fingerprint density at radius 3 is 1.96 bits per heavy atom. The van der Waals surface area contributed by atoms with Gasteiger partial charge in [-0.2, -0.15) is 5.26 Å². The van der Waals surface area contributed by atoms with Crippen LogP contribution in [0.1, 0.15) is 27.9 Å². The van der Waals surface area contributed by atoms with Crippen molar-refractivity contribution in [1.82, 2.24) is 14.5 Å². The van der Waals surface area contributed by atoms with Crippen LogP contribution in [0.5, 0.6) is 0 Å². The third-order valence-corrected chi connectivity index (χ3v) is 10.7. The number of fused-ring (bicyclic) bond motifs is 19. The second-order valence-corrected chi connectivity index (χ2v) is 12.6. The van der Waals surface area contributed by atoms with Crippen molar-refractivity contribution in [2.75, 3.05) is 0 Å². The van der Waals surface area contributed by atoms with Crippen molar-refractivity contribution in [2.45, 2.75) is 5.41 Å². The summed E-state index contributed by atoms with van der Waals surface area (Å²) >= 11 is 0. The number of nitriles is 1. The van der Waals surface area contributed by atoms with Crippen molar-refractivity contribution >= 4 is 60.2 Å². The molecule has 1 aliphatic heterocycles. The smallest absolute Gasteiger partial charge is 0.307 e. The van der Waals surface area contributed by atoms with Gasteiger partial charge in [-0.1, -0.05) is 110 Å². The second-order valence-electron chi connectivity index (χ2n) is 12.6. The van der Waals surface area contributed by atoms with Gasteiger partial charge in [-0.25, -0.2) is 4.98 Å². The van der Waals surface area contributed by atoms with Gasteiger partial charge in [-0.3, -0.25) is 0 Å². The predicted octanol–water partition coefficient (Wildman–Crippen LogP) is 10.1. The van der Waals surface area contributed by atoms with Gasteiger partial charge in [0.15, 0.2) is 11.2 Å². The van der Waals surface area contributed by atoms with E-state index < -0.39 is 5.41 Å². The highest BCUT2D eigenvalue weighted by atomic mass is 15.0. The summed E-state index contributed by atoms with van der Waals surface area (Å²) in [6.07, 6.45) is 0. The van der Waals surface area contributed by atoms with Crippen molar-refractivity contribution in [2.24, 2.45) is 0 Å². The van der Waals surface area contributed by atoms with Crippen molar-refractivity contribution in [3.05, 3.63) is 167 Å². The highest BCUT2D eigenvalue weighted by Crippen LogP contribution is 2.61. The molecule has 0 bridgehead atoms. The SMILES string of the molecule is [C-]#[N+]c1nc2c3ccccc3c3c(ccc4c3c3cccc5c3n4-c3ccccc3C53c4ccccc4-c4ccccc43)c2nc1C#N. The summed E-state index contributed by atoms with van der Waals surface area (Å²) < 4.78 is 2.46. The van der Waals surface area contributed by atoms with Crippen molar-refractivity contribution in [3.8, 4) is 22.9 Å². The van der Waals surface area contributed by atoms with Crippen LogP contribution in [0.15, 0.2) is 127 Å². The molecule has 5 heteroatoms. The zero-order chi connectivity index (χ0) is 31.7. The van der Waals surface area contributed by atoms with E-state index in [2.05, 4.69) is 131 Å². The molecule has 5 nitrogen and oxygen atoms in total. The summed E-state index contributed by atoms with van der Waals surface area (Å²) in [6.45, 7) is 7.67. The van der Waals surface area contributed by atoms with Crippen LogP contribution in [-0.4, -0.2) is 14.5 Å². The standard InChI is InChI=1S/C43H21N5/c1-45-42-34(23-44)46-40-28-21-22-36-38(37(28)26-13-2-3-14-27(26)39(40)47-42)29-15-10-19-33-41(29)48(36)35-20-9-8-18-32(35)43(33)30-16-6-4-11-24(30)25-12-5-7-17-31(25)43/h2-22H. The molecular formula is C43H21N5. The lowest BCUT2D eigenvalue weighted by molar-refractivity contribution is 0.748. The molecular weight excluding hydrogens is 587 g/mol. The van der Waals surface area contributed by atoms with Gasteiger partial charge < -0.3 is 9.41 Å². The first-order valence-corrected chi connectivity index (χ1v) is 16.0. The Kier molecular flexibility index (Phi) is 4.60. The molecule has 0 atom stereocenters. The molecule has 1 aliphatic carbocycles. The van der Waals surface area contributed by atoms with Crippen molar-refractivity contribution in [3.63, 3.8) is 0 Å². The topological polar surface area (TPSA) is 58.9 Å². The first-order chi connectivity index (χ1) is 23.8. The Hall–Kier alpha value is -6.82. The average Bonchev–Trinajstić information content (AvgIpc) is 3.65. The first-order valence-electron chi connectivity index (χ1n) is 16.0. The van der Waals surface area contributed by atoms with E-state index in [1.54, 1.807) is 0 Å². The van der Waals surface area contributed by atoms with Gasteiger partial charge in [-0.05, 0) is 63.0 Å². The molecule has 0 fully saturated rings. The summed E-state index contributed by atoms with van der Waals surface area (Å²) in [6, 6.07) is 48.1.